The lowest BCUT2D eigenvalue weighted by molar-refractivity contribution is -0.143. The number of rotatable bonds is 46. The van der Waals surface area contributed by atoms with E-state index in [-0.39, 0.29) is 18.5 Å². The number of nitrogens with one attached hydrogen (secondary N) is 1. The van der Waals surface area contributed by atoms with Crippen LogP contribution in [0.15, 0.2) is 12.2 Å². The number of aliphatic hydroxyl groups excluding tert-OH is 2. The van der Waals surface area contributed by atoms with Gasteiger partial charge in [-0.3, -0.25) is 9.59 Å². The molecule has 3 N–H and O–H groups in total. The molecule has 0 fully saturated rings. The zero-order chi connectivity index (χ0) is 40.8. The van der Waals surface area contributed by atoms with Gasteiger partial charge in [0, 0.05) is 12.8 Å². The average molecular weight is 792 g/mol. The predicted octanol–water partition coefficient (Wildman–Crippen LogP) is 14.6. The largest absolute Gasteiger partial charge is 0.466 e. The third-order valence-electron chi connectivity index (χ3n) is 11.6. The maximum Gasteiger partial charge on any atom is 0.305 e. The summed E-state index contributed by atoms with van der Waals surface area (Å²) in [7, 11) is 0. The Balaban J connectivity index is 3.46. The Morgan fingerprint density at radius 1 is 0.482 bits per heavy atom. The van der Waals surface area contributed by atoms with Crippen molar-refractivity contribution in [2.75, 3.05) is 13.2 Å². The van der Waals surface area contributed by atoms with Crippen LogP contribution in [-0.4, -0.2) is 47.4 Å². The minimum atomic E-state index is -0.673. The first-order valence-corrected chi connectivity index (χ1v) is 24.9. The van der Waals surface area contributed by atoms with E-state index in [1.54, 1.807) is 0 Å². The van der Waals surface area contributed by atoms with Gasteiger partial charge in [0.25, 0.3) is 0 Å². The van der Waals surface area contributed by atoms with Gasteiger partial charge in [0.1, 0.15) is 0 Å². The van der Waals surface area contributed by atoms with Gasteiger partial charge in [-0.25, -0.2) is 0 Å². The normalized spacial score (nSPS) is 12.7. The summed E-state index contributed by atoms with van der Waals surface area (Å²) < 4.78 is 5.45. The quantitative estimate of drug-likeness (QED) is 0.0324. The molecule has 0 aromatic rings. The highest BCUT2D eigenvalue weighted by atomic mass is 16.5. The van der Waals surface area contributed by atoms with Gasteiger partial charge in [0.15, 0.2) is 0 Å². The second-order valence-corrected chi connectivity index (χ2v) is 17.1. The Labute approximate surface area is 349 Å². The summed E-state index contributed by atoms with van der Waals surface area (Å²) in [6.45, 7) is 4.90. The lowest BCUT2D eigenvalue weighted by atomic mass is 10.0. The van der Waals surface area contributed by atoms with Crippen LogP contribution in [0.4, 0.5) is 0 Å². The van der Waals surface area contributed by atoms with Gasteiger partial charge in [0.2, 0.25) is 5.91 Å². The second kappa shape index (κ2) is 46.3. The number of esters is 1. The van der Waals surface area contributed by atoms with Gasteiger partial charge in [-0.05, 0) is 51.4 Å². The number of aliphatic hydroxyl groups is 2. The van der Waals surface area contributed by atoms with Crippen LogP contribution >= 0.6 is 0 Å². The average Bonchev–Trinajstić information content (AvgIpc) is 3.20. The zero-order valence-electron chi connectivity index (χ0n) is 37.6. The Morgan fingerprint density at radius 3 is 1.27 bits per heavy atom. The van der Waals surface area contributed by atoms with Crippen molar-refractivity contribution in [1.82, 2.24) is 5.32 Å². The predicted molar refractivity (Wildman–Crippen MR) is 241 cm³/mol. The van der Waals surface area contributed by atoms with E-state index in [1.807, 2.05) is 0 Å². The number of ether oxygens (including phenoxy) is 1. The van der Waals surface area contributed by atoms with E-state index in [1.165, 1.54) is 180 Å². The molecule has 2 atom stereocenters. The molecule has 0 spiro atoms. The molecule has 0 rings (SSSR count). The van der Waals surface area contributed by atoms with Crippen molar-refractivity contribution in [3.8, 4) is 0 Å². The Hall–Kier alpha value is -1.40. The molecule has 0 saturated carbocycles. The SMILES string of the molecule is CCCCCCC/C=C\CCCCCCCC(=O)OCCCCCCCCCCCCCCC(=O)NC(CO)C(O)CCCCCCCCCCCCCCC. The highest BCUT2D eigenvalue weighted by Gasteiger charge is 2.20. The number of amides is 1. The third kappa shape index (κ3) is 42.2. The molecular formula is C50H97NO5. The first kappa shape index (κ1) is 54.6. The van der Waals surface area contributed by atoms with E-state index in [2.05, 4.69) is 31.3 Å². The highest BCUT2D eigenvalue weighted by Crippen LogP contribution is 2.16. The van der Waals surface area contributed by atoms with Crippen molar-refractivity contribution >= 4 is 11.9 Å². The van der Waals surface area contributed by atoms with Crippen LogP contribution in [0.25, 0.3) is 0 Å². The fourth-order valence-electron chi connectivity index (χ4n) is 7.69. The molecule has 0 bridgehead atoms. The summed E-state index contributed by atoms with van der Waals surface area (Å²) in [6, 6.07) is -0.551. The van der Waals surface area contributed by atoms with Crippen molar-refractivity contribution in [1.29, 1.82) is 0 Å². The van der Waals surface area contributed by atoms with E-state index in [0.29, 0.717) is 25.9 Å². The van der Waals surface area contributed by atoms with E-state index in [0.717, 1.165) is 57.8 Å². The smallest absolute Gasteiger partial charge is 0.305 e. The van der Waals surface area contributed by atoms with Crippen LogP contribution in [0.1, 0.15) is 271 Å². The maximum atomic E-state index is 12.4. The van der Waals surface area contributed by atoms with Gasteiger partial charge >= 0.3 is 5.97 Å². The molecule has 0 aliphatic carbocycles. The molecule has 0 heterocycles. The third-order valence-corrected chi connectivity index (χ3v) is 11.6. The van der Waals surface area contributed by atoms with Crippen molar-refractivity contribution < 1.29 is 24.5 Å². The maximum absolute atomic E-state index is 12.4. The molecule has 6 nitrogen and oxygen atoms in total. The summed E-state index contributed by atoms with van der Waals surface area (Å²) in [4.78, 5) is 24.4. The molecule has 0 radical (unpaired) electrons. The minimum Gasteiger partial charge on any atom is -0.466 e. The van der Waals surface area contributed by atoms with E-state index in [9.17, 15) is 19.8 Å². The van der Waals surface area contributed by atoms with Gasteiger partial charge in [-0.2, -0.15) is 0 Å². The number of carbonyl (C=O) groups is 2. The minimum absolute atomic E-state index is 0.0177. The van der Waals surface area contributed by atoms with Crippen LogP contribution < -0.4 is 5.32 Å². The number of carbonyl (C=O) groups excluding carboxylic acids is 2. The number of allylic oxidation sites excluding steroid dienone is 2. The summed E-state index contributed by atoms with van der Waals surface area (Å²) in [5.41, 5.74) is 0. The Morgan fingerprint density at radius 2 is 0.839 bits per heavy atom. The first-order chi connectivity index (χ1) is 27.5. The zero-order valence-corrected chi connectivity index (χ0v) is 37.6. The summed E-state index contributed by atoms with van der Waals surface area (Å²) in [6.07, 6.45) is 51.7. The van der Waals surface area contributed by atoms with Crippen LogP contribution in [-0.2, 0) is 14.3 Å². The standard InChI is InChI=1S/C50H97NO5/c1-3-5-7-9-11-13-15-17-19-24-28-32-36-40-44-50(55)56-45-41-37-33-29-25-21-20-23-27-31-35-39-43-49(54)51-47(46-52)48(53)42-38-34-30-26-22-18-16-14-12-10-8-6-4-2/h15,17,47-48,52-53H,3-14,16,18-46H2,1-2H3,(H,51,54)/b17-15-. The lowest BCUT2D eigenvalue weighted by Gasteiger charge is -2.22. The molecule has 0 aromatic heterocycles. The molecule has 56 heavy (non-hydrogen) atoms. The van der Waals surface area contributed by atoms with Gasteiger partial charge in [-0.1, -0.05) is 219 Å². The molecular weight excluding hydrogens is 695 g/mol. The molecule has 0 aromatic carbocycles. The Bertz CT molecular complexity index is 832. The van der Waals surface area contributed by atoms with Crippen molar-refractivity contribution in [3.63, 3.8) is 0 Å². The molecule has 1 amide bonds. The molecule has 0 saturated heterocycles. The number of unbranched alkanes of at least 4 members (excludes halogenated alkanes) is 33. The lowest BCUT2D eigenvalue weighted by Crippen LogP contribution is -2.45. The molecule has 0 aliphatic rings. The molecule has 2 unspecified atom stereocenters. The fraction of sp³-hybridized carbons (Fsp3) is 0.920. The van der Waals surface area contributed by atoms with Crippen molar-refractivity contribution in [2.45, 2.75) is 283 Å². The highest BCUT2D eigenvalue weighted by molar-refractivity contribution is 5.76. The van der Waals surface area contributed by atoms with Gasteiger partial charge < -0.3 is 20.3 Å². The summed E-state index contributed by atoms with van der Waals surface area (Å²) >= 11 is 0. The van der Waals surface area contributed by atoms with Gasteiger partial charge in [-0.15, -0.1) is 0 Å². The Kier molecular flexibility index (Phi) is 45.1. The van der Waals surface area contributed by atoms with Crippen LogP contribution in [0.5, 0.6) is 0 Å². The summed E-state index contributed by atoms with van der Waals surface area (Å²) in [5, 5.41) is 23.2. The van der Waals surface area contributed by atoms with E-state index in [4.69, 9.17) is 4.74 Å². The van der Waals surface area contributed by atoms with Crippen LogP contribution in [0, 0.1) is 0 Å². The number of hydrogen-bond acceptors (Lipinski definition) is 5. The summed E-state index contributed by atoms with van der Waals surface area (Å²) in [5.74, 6) is -0.0685. The fourth-order valence-corrected chi connectivity index (χ4v) is 7.69. The van der Waals surface area contributed by atoms with Crippen LogP contribution in [0.2, 0.25) is 0 Å². The van der Waals surface area contributed by atoms with Gasteiger partial charge in [0.05, 0.1) is 25.4 Å². The number of hydrogen-bond donors (Lipinski definition) is 3. The van der Waals surface area contributed by atoms with Crippen molar-refractivity contribution in [3.05, 3.63) is 12.2 Å². The molecule has 0 aliphatic heterocycles. The van der Waals surface area contributed by atoms with E-state index < -0.39 is 12.1 Å². The second-order valence-electron chi connectivity index (χ2n) is 17.1. The monoisotopic (exact) mass is 792 g/mol. The van der Waals surface area contributed by atoms with Crippen molar-refractivity contribution in [2.24, 2.45) is 0 Å². The topological polar surface area (TPSA) is 95.9 Å². The molecule has 6 heteroatoms. The van der Waals surface area contributed by atoms with E-state index >= 15 is 0 Å². The first-order valence-electron chi connectivity index (χ1n) is 24.9. The van der Waals surface area contributed by atoms with Crippen LogP contribution in [0.3, 0.4) is 0 Å². The molecule has 332 valence electrons.